The predicted molar refractivity (Wildman–Crippen MR) is 83.8 cm³/mol. The summed E-state index contributed by atoms with van der Waals surface area (Å²) in [4.78, 5) is 7.94. The van der Waals surface area contributed by atoms with Gasteiger partial charge in [-0.1, -0.05) is 37.7 Å². The van der Waals surface area contributed by atoms with E-state index in [1.54, 1.807) is 0 Å². The van der Waals surface area contributed by atoms with Crippen LogP contribution in [0.15, 0.2) is 29.4 Å². The van der Waals surface area contributed by atoms with Crippen molar-refractivity contribution in [2.45, 2.75) is 44.3 Å². The fourth-order valence-corrected chi connectivity index (χ4v) is 3.08. The van der Waals surface area contributed by atoms with Crippen LogP contribution in [0.5, 0.6) is 0 Å². The Morgan fingerprint density at radius 1 is 1.32 bits per heavy atom. The minimum Gasteiger partial charge on any atom is -0.333 e. The smallest absolute Gasteiger partial charge is 0.166 e. The van der Waals surface area contributed by atoms with E-state index in [2.05, 4.69) is 35.2 Å². The van der Waals surface area contributed by atoms with Gasteiger partial charge in [-0.25, -0.2) is 4.98 Å². The van der Waals surface area contributed by atoms with Crippen LogP contribution < -0.4 is 5.32 Å². The average Bonchev–Trinajstić information content (AvgIpc) is 2.85. The first-order valence-electron chi connectivity index (χ1n) is 7.14. The number of aromatic nitrogens is 2. The van der Waals surface area contributed by atoms with Gasteiger partial charge in [-0.15, -0.1) is 0 Å². The van der Waals surface area contributed by atoms with E-state index in [0.717, 1.165) is 28.5 Å². The molecule has 3 nitrogen and oxygen atoms in total. The zero-order chi connectivity index (χ0) is 13.5. The Bertz CT molecular complexity index is 462. The number of rotatable bonds is 8. The van der Waals surface area contributed by atoms with Crippen molar-refractivity contribution in [3.05, 3.63) is 24.3 Å². The molecular weight excluding hydrogens is 254 g/mol. The highest BCUT2D eigenvalue weighted by Crippen LogP contribution is 2.20. The van der Waals surface area contributed by atoms with Crippen molar-refractivity contribution in [3.8, 4) is 0 Å². The number of para-hydroxylation sites is 2. The van der Waals surface area contributed by atoms with Crippen molar-refractivity contribution >= 4 is 22.8 Å². The number of imidazole rings is 1. The van der Waals surface area contributed by atoms with Gasteiger partial charge in [0.1, 0.15) is 0 Å². The first kappa shape index (κ1) is 14.4. The van der Waals surface area contributed by atoms with Crippen molar-refractivity contribution in [2.75, 3.05) is 12.3 Å². The van der Waals surface area contributed by atoms with Gasteiger partial charge in [0.25, 0.3) is 0 Å². The normalized spacial score (nSPS) is 12.9. The molecule has 0 aliphatic carbocycles. The number of aromatic amines is 1. The van der Waals surface area contributed by atoms with Crippen LogP contribution in [0.2, 0.25) is 0 Å². The molecule has 104 valence electrons. The molecule has 2 N–H and O–H groups in total. The Kier molecular flexibility index (Phi) is 5.73. The monoisotopic (exact) mass is 277 g/mol. The van der Waals surface area contributed by atoms with Crippen molar-refractivity contribution in [3.63, 3.8) is 0 Å². The van der Waals surface area contributed by atoms with E-state index in [-0.39, 0.29) is 0 Å². The SMILES string of the molecule is CCNC(CC)CCCSc1nc2ccccc2[nH]1. The van der Waals surface area contributed by atoms with Crippen LogP contribution in [0.1, 0.15) is 33.1 Å². The zero-order valence-electron chi connectivity index (χ0n) is 11.8. The minimum absolute atomic E-state index is 0.668. The third-order valence-electron chi connectivity index (χ3n) is 3.29. The number of nitrogens with one attached hydrogen (secondary N) is 2. The fourth-order valence-electron chi connectivity index (χ4n) is 2.24. The zero-order valence-corrected chi connectivity index (χ0v) is 12.6. The number of nitrogens with zero attached hydrogens (tertiary/aromatic N) is 1. The van der Waals surface area contributed by atoms with Gasteiger partial charge in [0, 0.05) is 11.8 Å². The average molecular weight is 277 g/mol. The van der Waals surface area contributed by atoms with E-state index in [1.807, 2.05) is 30.0 Å². The minimum atomic E-state index is 0.668. The number of hydrogen-bond donors (Lipinski definition) is 2. The molecule has 2 rings (SSSR count). The Morgan fingerprint density at radius 2 is 2.16 bits per heavy atom. The molecule has 2 aromatic rings. The van der Waals surface area contributed by atoms with Gasteiger partial charge >= 0.3 is 0 Å². The summed E-state index contributed by atoms with van der Waals surface area (Å²) in [5, 5.41) is 4.56. The molecule has 0 radical (unpaired) electrons. The van der Waals surface area contributed by atoms with Crippen LogP contribution in [-0.2, 0) is 0 Å². The van der Waals surface area contributed by atoms with Crippen LogP contribution in [0.25, 0.3) is 11.0 Å². The third kappa shape index (κ3) is 4.25. The van der Waals surface area contributed by atoms with E-state index < -0.39 is 0 Å². The third-order valence-corrected chi connectivity index (χ3v) is 4.25. The van der Waals surface area contributed by atoms with Crippen LogP contribution >= 0.6 is 11.8 Å². The second kappa shape index (κ2) is 7.56. The van der Waals surface area contributed by atoms with E-state index >= 15 is 0 Å². The molecule has 1 heterocycles. The molecule has 0 amide bonds. The maximum absolute atomic E-state index is 4.58. The molecule has 0 aliphatic rings. The summed E-state index contributed by atoms with van der Waals surface area (Å²) in [5.41, 5.74) is 2.19. The molecule has 1 aromatic heterocycles. The van der Waals surface area contributed by atoms with Crippen LogP contribution in [-0.4, -0.2) is 28.3 Å². The largest absolute Gasteiger partial charge is 0.333 e. The topological polar surface area (TPSA) is 40.7 Å². The Balaban J connectivity index is 1.76. The Labute approximate surface area is 119 Å². The van der Waals surface area contributed by atoms with Gasteiger partial charge in [-0.05, 0) is 37.9 Å². The van der Waals surface area contributed by atoms with Gasteiger partial charge in [0.15, 0.2) is 5.16 Å². The molecule has 0 saturated carbocycles. The molecular formula is C15H23N3S. The summed E-state index contributed by atoms with van der Waals surface area (Å²) in [6.45, 7) is 5.49. The molecule has 4 heteroatoms. The van der Waals surface area contributed by atoms with Crippen molar-refractivity contribution in [1.29, 1.82) is 0 Å². The highest BCUT2D eigenvalue weighted by molar-refractivity contribution is 7.99. The predicted octanol–water partition coefficient (Wildman–Crippen LogP) is 3.82. The van der Waals surface area contributed by atoms with Crippen LogP contribution in [0, 0.1) is 0 Å². The van der Waals surface area contributed by atoms with Gasteiger partial charge < -0.3 is 10.3 Å². The first-order chi connectivity index (χ1) is 9.33. The maximum Gasteiger partial charge on any atom is 0.166 e. The lowest BCUT2D eigenvalue weighted by Crippen LogP contribution is -2.28. The van der Waals surface area contributed by atoms with Crippen molar-refractivity contribution in [2.24, 2.45) is 0 Å². The Morgan fingerprint density at radius 3 is 2.89 bits per heavy atom. The van der Waals surface area contributed by atoms with Crippen molar-refractivity contribution in [1.82, 2.24) is 15.3 Å². The number of thioether (sulfide) groups is 1. The fraction of sp³-hybridized carbons (Fsp3) is 0.533. The van der Waals surface area contributed by atoms with Gasteiger partial charge in [0.2, 0.25) is 0 Å². The molecule has 0 fully saturated rings. The van der Waals surface area contributed by atoms with Gasteiger partial charge in [0.05, 0.1) is 11.0 Å². The van der Waals surface area contributed by atoms with E-state index in [4.69, 9.17) is 0 Å². The molecule has 0 spiro atoms. The summed E-state index contributed by atoms with van der Waals surface area (Å²) >= 11 is 1.82. The standard InChI is InChI=1S/C15H23N3S/c1-3-12(16-4-2)8-7-11-19-15-17-13-9-5-6-10-14(13)18-15/h5-6,9-10,12,16H,3-4,7-8,11H2,1-2H3,(H,17,18). The molecule has 1 atom stereocenters. The van der Waals surface area contributed by atoms with E-state index in [9.17, 15) is 0 Å². The van der Waals surface area contributed by atoms with E-state index in [1.165, 1.54) is 19.3 Å². The molecule has 0 bridgehead atoms. The number of benzene rings is 1. The lowest BCUT2D eigenvalue weighted by Gasteiger charge is -2.14. The molecule has 0 saturated heterocycles. The quantitative estimate of drug-likeness (QED) is 0.569. The number of fused-ring (bicyclic) bond motifs is 1. The summed E-state index contributed by atoms with van der Waals surface area (Å²) < 4.78 is 0. The second-order valence-corrected chi connectivity index (χ2v) is 5.80. The van der Waals surface area contributed by atoms with Gasteiger partial charge in [-0.2, -0.15) is 0 Å². The van der Waals surface area contributed by atoms with Crippen LogP contribution in [0.3, 0.4) is 0 Å². The highest BCUT2D eigenvalue weighted by Gasteiger charge is 2.05. The lowest BCUT2D eigenvalue weighted by atomic mass is 10.1. The molecule has 19 heavy (non-hydrogen) atoms. The highest BCUT2D eigenvalue weighted by atomic mass is 32.2. The molecule has 1 aromatic carbocycles. The summed E-state index contributed by atoms with van der Waals surface area (Å²) in [7, 11) is 0. The number of H-pyrrole nitrogens is 1. The lowest BCUT2D eigenvalue weighted by molar-refractivity contribution is 0.477. The summed E-state index contributed by atoms with van der Waals surface area (Å²) in [6.07, 6.45) is 3.69. The summed E-state index contributed by atoms with van der Waals surface area (Å²) in [6, 6.07) is 8.86. The second-order valence-electron chi connectivity index (χ2n) is 4.71. The maximum atomic E-state index is 4.58. The first-order valence-corrected chi connectivity index (χ1v) is 8.13. The van der Waals surface area contributed by atoms with Crippen LogP contribution in [0.4, 0.5) is 0 Å². The summed E-state index contributed by atoms with van der Waals surface area (Å²) in [5.74, 6) is 1.13. The van der Waals surface area contributed by atoms with E-state index in [0.29, 0.717) is 6.04 Å². The Hall–Kier alpha value is -1.00. The molecule has 1 unspecified atom stereocenters. The molecule has 0 aliphatic heterocycles. The van der Waals surface area contributed by atoms with Gasteiger partial charge in [-0.3, -0.25) is 0 Å². The van der Waals surface area contributed by atoms with Crippen molar-refractivity contribution < 1.29 is 0 Å². The number of hydrogen-bond acceptors (Lipinski definition) is 3.